The van der Waals surface area contributed by atoms with Gasteiger partial charge in [0.1, 0.15) is 18.1 Å². The fourth-order valence-corrected chi connectivity index (χ4v) is 3.43. The lowest BCUT2D eigenvalue weighted by Gasteiger charge is -2.24. The summed E-state index contributed by atoms with van der Waals surface area (Å²) in [6.45, 7) is 0.395. The van der Waals surface area contributed by atoms with Gasteiger partial charge in [0.15, 0.2) is 0 Å². The van der Waals surface area contributed by atoms with Crippen molar-refractivity contribution in [2.24, 2.45) is 11.5 Å². The van der Waals surface area contributed by atoms with Crippen LogP contribution in [-0.4, -0.2) is 81.7 Å². The van der Waals surface area contributed by atoms with Gasteiger partial charge in [-0.3, -0.25) is 24.0 Å². The molecule has 1 rings (SSSR count). The average molecular weight is 538 g/mol. The minimum Gasteiger partial charge on any atom is -0.481 e. The summed E-state index contributed by atoms with van der Waals surface area (Å²) in [5.41, 5.74) is 11.8. The summed E-state index contributed by atoms with van der Waals surface area (Å²) in [5, 5.41) is 34.6. The van der Waals surface area contributed by atoms with Gasteiger partial charge in [-0.1, -0.05) is 36.8 Å². The minimum absolute atomic E-state index is 0.0821. The first-order chi connectivity index (χ1) is 17.9. The number of carboxylic acids is 3. The van der Waals surface area contributed by atoms with Crippen LogP contribution in [0.5, 0.6) is 0 Å². The number of unbranched alkanes of at least 4 members (excludes halogenated alkanes) is 1. The van der Waals surface area contributed by atoms with Crippen molar-refractivity contribution in [1.29, 1.82) is 0 Å². The van der Waals surface area contributed by atoms with E-state index in [-0.39, 0.29) is 12.8 Å². The molecule has 0 heterocycles. The van der Waals surface area contributed by atoms with E-state index >= 15 is 0 Å². The molecule has 0 fully saturated rings. The molecule has 0 radical (unpaired) electrons. The third-order valence-corrected chi connectivity index (χ3v) is 5.49. The molecule has 14 heteroatoms. The zero-order valence-electron chi connectivity index (χ0n) is 20.8. The molecule has 0 aliphatic rings. The standard InChI is InChI=1S/C24H35N5O9/c25-11-5-4-8-15(26)21(34)28-17(13-20(32)33)23(36)27-16(9-10-19(30)31)22(35)29-18(24(37)38)12-14-6-2-1-3-7-14/h1-3,6-7,15-18H,4-5,8-13,25-26H2,(H,27,36)(H,28,34)(H,29,35)(H,30,31)(H,32,33)(H,37,38). The molecule has 0 aliphatic heterocycles. The first kappa shape index (κ1) is 32.0. The zero-order chi connectivity index (χ0) is 28.7. The molecule has 38 heavy (non-hydrogen) atoms. The lowest BCUT2D eigenvalue weighted by Crippen LogP contribution is -2.57. The number of carboxylic acid groups (broad SMARTS) is 3. The Hall–Kier alpha value is -4.04. The van der Waals surface area contributed by atoms with E-state index in [1.807, 2.05) is 0 Å². The Bertz CT molecular complexity index is 973. The molecule has 0 saturated heterocycles. The Balaban J connectivity index is 3.00. The predicted octanol–water partition coefficient (Wildman–Crippen LogP) is -1.44. The topological polar surface area (TPSA) is 251 Å². The van der Waals surface area contributed by atoms with E-state index in [1.54, 1.807) is 30.3 Å². The fourth-order valence-electron chi connectivity index (χ4n) is 3.43. The molecule has 14 nitrogen and oxygen atoms in total. The van der Waals surface area contributed by atoms with Crippen molar-refractivity contribution in [3.05, 3.63) is 35.9 Å². The highest BCUT2D eigenvalue weighted by Crippen LogP contribution is 2.07. The van der Waals surface area contributed by atoms with E-state index in [0.29, 0.717) is 24.9 Å². The molecule has 1 aromatic rings. The zero-order valence-corrected chi connectivity index (χ0v) is 20.8. The SMILES string of the molecule is NCCCCC(N)C(=O)NC(CC(=O)O)C(=O)NC(CCC(=O)O)C(=O)NC(Cc1ccccc1)C(=O)O. The second-order valence-electron chi connectivity index (χ2n) is 8.63. The number of carbonyl (C=O) groups excluding carboxylic acids is 3. The first-order valence-electron chi connectivity index (χ1n) is 12.0. The van der Waals surface area contributed by atoms with E-state index in [9.17, 15) is 39.0 Å². The quantitative estimate of drug-likeness (QED) is 0.101. The summed E-state index contributed by atoms with van der Waals surface area (Å²) in [6, 6.07) is 2.84. The van der Waals surface area contributed by atoms with Crippen LogP contribution in [0.15, 0.2) is 30.3 Å². The van der Waals surface area contributed by atoms with Gasteiger partial charge in [-0.2, -0.15) is 0 Å². The molecule has 0 saturated carbocycles. The van der Waals surface area contributed by atoms with Crippen LogP contribution in [0.25, 0.3) is 0 Å². The van der Waals surface area contributed by atoms with Gasteiger partial charge in [0.2, 0.25) is 17.7 Å². The minimum atomic E-state index is -1.62. The summed E-state index contributed by atoms with van der Waals surface area (Å²) in [4.78, 5) is 72.3. The van der Waals surface area contributed by atoms with Crippen LogP contribution in [0.2, 0.25) is 0 Å². The molecular weight excluding hydrogens is 502 g/mol. The van der Waals surface area contributed by atoms with Gasteiger partial charge in [-0.05, 0) is 31.4 Å². The van der Waals surface area contributed by atoms with Gasteiger partial charge in [0.25, 0.3) is 0 Å². The molecule has 4 unspecified atom stereocenters. The van der Waals surface area contributed by atoms with Crippen molar-refractivity contribution >= 4 is 35.6 Å². The van der Waals surface area contributed by atoms with Crippen molar-refractivity contribution < 1.29 is 44.1 Å². The van der Waals surface area contributed by atoms with Crippen LogP contribution >= 0.6 is 0 Å². The number of rotatable bonds is 18. The monoisotopic (exact) mass is 537 g/mol. The maximum atomic E-state index is 12.9. The molecule has 1 aromatic carbocycles. The number of amides is 3. The fraction of sp³-hybridized carbons (Fsp3) is 0.500. The average Bonchev–Trinajstić information content (AvgIpc) is 2.85. The Morgan fingerprint density at radius 1 is 0.737 bits per heavy atom. The van der Waals surface area contributed by atoms with Crippen LogP contribution in [0.4, 0.5) is 0 Å². The number of hydrogen-bond acceptors (Lipinski definition) is 8. The Morgan fingerprint density at radius 2 is 1.32 bits per heavy atom. The highest BCUT2D eigenvalue weighted by molar-refractivity contribution is 5.95. The summed E-state index contributed by atoms with van der Waals surface area (Å²) in [5.74, 6) is -6.91. The highest BCUT2D eigenvalue weighted by atomic mass is 16.4. The van der Waals surface area contributed by atoms with Gasteiger partial charge in [-0.15, -0.1) is 0 Å². The number of hydrogen-bond donors (Lipinski definition) is 8. The molecule has 0 aromatic heterocycles. The normalized spacial score (nSPS) is 13.8. The molecule has 10 N–H and O–H groups in total. The van der Waals surface area contributed by atoms with E-state index in [4.69, 9.17) is 16.6 Å². The number of carbonyl (C=O) groups is 6. The molecule has 0 aliphatic carbocycles. The van der Waals surface area contributed by atoms with Crippen molar-refractivity contribution in [1.82, 2.24) is 16.0 Å². The van der Waals surface area contributed by atoms with Gasteiger partial charge >= 0.3 is 17.9 Å². The smallest absolute Gasteiger partial charge is 0.326 e. The van der Waals surface area contributed by atoms with Gasteiger partial charge in [-0.25, -0.2) is 4.79 Å². The summed E-state index contributed by atoms with van der Waals surface area (Å²) < 4.78 is 0. The van der Waals surface area contributed by atoms with Crippen LogP contribution in [0.3, 0.4) is 0 Å². The molecule has 210 valence electrons. The predicted molar refractivity (Wildman–Crippen MR) is 134 cm³/mol. The molecule has 0 bridgehead atoms. The second kappa shape index (κ2) is 16.7. The summed E-state index contributed by atoms with van der Waals surface area (Å²) >= 11 is 0. The maximum Gasteiger partial charge on any atom is 0.326 e. The van der Waals surface area contributed by atoms with Crippen LogP contribution in [0.1, 0.15) is 44.1 Å². The van der Waals surface area contributed by atoms with Gasteiger partial charge in [0.05, 0.1) is 12.5 Å². The number of benzene rings is 1. The number of aliphatic carboxylic acids is 3. The molecule has 4 atom stereocenters. The Morgan fingerprint density at radius 3 is 1.87 bits per heavy atom. The molecular formula is C24H35N5O9. The van der Waals surface area contributed by atoms with Crippen molar-refractivity contribution in [3.63, 3.8) is 0 Å². The van der Waals surface area contributed by atoms with E-state index in [1.165, 1.54) is 0 Å². The number of nitrogens with two attached hydrogens (primary N) is 2. The lowest BCUT2D eigenvalue weighted by molar-refractivity contribution is -0.143. The van der Waals surface area contributed by atoms with Crippen LogP contribution in [0, 0.1) is 0 Å². The number of nitrogens with one attached hydrogen (secondary N) is 3. The van der Waals surface area contributed by atoms with Gasteiger partial charge < -0.3 is 42.7 Å². The largest absolute Gasteiger partial charge is 0.481 e. The third-order valence-electron chi connectivity index (χ3n) is 5.49. The van der Waals surface area contributed by atoms with Gasteiger partial charge in [0, 0.05) is 12.8 Å². The van der Waals surface area contributed by atoms with Crippen molar-refractivity contribution in [2.45, 2.75) is 69.1 Å². The Kier molecular flexibility index (Phi) is 14.0. The summed E-state index contributed by atoms with van der Waals surface area (Å²) in [7, 11) is 0. The van der Waals surface area contributed by atoms with Crippen LogP contribution < -0.4 is 27.4 Å². The second-order valence-corrected chi connectivity index (χ2v) is 8.63. The lowest BCUT2D eigenvalue weighted by atomic mass is 10.0. The van der Waals surface area contributed by atoms with E-state index in [2.05, 4.69) is 16.0 Å². The van der Waals surface area contributed by atoms with Crippen molar-refractivity contribution in [2.75, 3.05) is 6.54 Å². The van der Waals surface area contributed by atoms with Crippen molar-refractivity contribution in [3.8, 4) is 0 Å². The van der Waals surface area contributed by atoms with Crippen LogP contribution in [-0.2, 0) is 35.2 Å². The van der Waals surface area contributed by atoms with E-state index in [0.717, 1.165) is 0 Å². The first-order valence-corrected chi connectivity index (χ1v) is 12.0. The summed E-state index contributed by atoms with van der Waals surface area (Å²) in [6.07, 6.45) is -0.513. The highest BCUT2D eigenvalue weighted by Gasteiger charge is 2.31. The van der Waals surface area contributed by atoms with E-state index < -0.39 is 79.1 Å². The Labute approximate surface area is 219 Å². The maximum absolute atomic E-state index is 12.9. The molecule has 3 amide bonds. The molecule has 0 spiro atoms. The third kappa shape index (κ3) is 12.3.